The normalized spacial score (nSPS) is 11.1. The monoisotopic (exact) mass is 412 g/mol. The second-order valence-corrected chi connectivity index (χ2v) is 7.20. The van der Waals surface area contributed by atoms with E-state index in [4.69, 9.17) is 14.2 Å². The van der Waals surface area contributed by atoms with Gasteiger partial charge in [0.2, 0.25) is 0 Å². The second-order valence-electron chi connectivity index (χ2n) is 7.20. The smallest absolute Gasteiger partial charge is 0.159 e. The van der Waals surface area contributed by atoms with E-state index >= 15 is 0 Å². The molecule has 30 heavy (non-hydrogen) atoms. The first-order chi connectivity index (χ1) is 14.8. The van der Waals surface area contributed by atoms with Gasteiger partial charge in [-0.2, -0.15) is 0 Å². The molecule has 1 heterocycles. The molecule has 0 aliphatic heterocycles. The van der Waals surface area contributed by atoms with Gasteiger partial charge in [0.1, 0.15) is 5.75 Å². The first-order valence-electron chi connectivity index (χ1n) is 11.2. The molecular weight excluding hydrogens is 376 g/mol. The van der Waals surface area contributed by atoms with Crippen molar-refractivity contribution in [3.63, 3.8) is 0 Å². The Morgan fingerprint density at radius 1 is 0.767 bits per heavy atom. The van der Waals surface area contributed by atoms with Crippen molar-refractivity contribution in [2.75, 3.05) is 26.4 Å². The molecule has 0 N–H and O–H groups in total. The average Bonchev–Trinajstić information content (AvgIpc) is 2.79. The van der Waals surface area contributed by atoms with Gasteiger partial charge in [0.25, 0.3) is 0 Å². The summed E-state index contributed by atoms with van der Waals surface area (Å²) in [6.45, 7) is 7.21. The molecule has 0 bridgehead atoms. The predicted octanol–water partition coefficient (Wildman–Crippen LogP) is 6.24. The number of aromatic nitrogens is 2. The Morgan fingerprint density at radius 3 is 2.13 bits per heavy atom. The fraction of sp³-hybridized carbons (Fsp3) is 0.520. The van der Waals surface area contributed by atoms with E-state index < -0.39 is 0 Å². The minimum absolute atomic E-state index is 0.652. The number of unbranched alkanes of at least 4 members (excludes halogenated alkanes) is 4. The largest absolute Gasteiger partial charge is 0.494 e. The molecule has 0 radical (unpaired) electrons. The number of nitrogens with zero attached hydrogens (tertiary/aromatic N) is 2. The third-order valence-corrected chi connectivity index (χ3v) is 4.56. The van der Waals surface area contributed by atoms with Crippen molar-refractivity contribution in [1.82, 2.24) is 9.97 Å². The predicted molar refractivity (Wildman–Crippen MR) is 122 cm³/mol. The fourth-order valence-electron chi connectivity index (χ4n) is 2.88. The lowest BCUT2D eigenvalue weighted by atomic mass is 10.2. The number of rotatable bonds is 16. The van der Waals surface area contributed by atoms with Gasteiger partial charge in [-0.25, -0.2) is 9.97 Å². The van der Waals surface area contributed by atoms with Crippen LogP contribution in [0.15, 0.2) is 48.8 Å². The van der Waals surface area contributed by atoms with Gasteiger partial charge >= 0.3 is 0 Å². The van der Waals surface area contributed by atoms with E-state index in [-0.39, 0.29) is 0 Å². The Hall–Kier alpha value is -2.40. The summed E-state index contributed by atoms with van der Waals surface area (Å²) in [6, 6.07) is 7.94. The van der Waals surface area contributed by atoms with Gasteiger partial charge in [-0.15, -0.1) is 0 Å². The molecule has 164 valence electrons. The molecule has 0 saturated carbocycles. The van der Waals surface area contributed by atoms with Crippen LogP contribution in [0.2, 0.25) is 0 Å². The molecule has 0 fully saturated rings. The van der Waals surface area contributed by atoms with Gasteiger partial charge in [-0.05, 0) is 76.1 Å². The lowest BCUT2D eigenvalue weighted by molar-refractivity contribution is 0.127. The molecule has 1 aromatic heterocycles. The van der Waals surface area contributed by atoms with Crippen molar-refractivity contribution >= 4 is 0 Å². The maximum Gasteiger partial charge on any atom is 0.159 e. The highest BCUT2D eigenvalue weighted by Crippen LogP contribution is 2.20. The van der Waals surface area contributed by atoms with Gasteiger partial charge in [-0.3, -0.25) is 0 Å². The van der Waals surface area contributed by atoms with Crippen LogP contribution in [0.1, 0.15) is 58.8 Å². The number of hydrogen-bond acceptors (Lipinski definition) is 5. The molecule has 5 nitrogen and oxygen atoms in total. The van der Waals surface area contributed by atoms with Crippen LogP contribution in [0, 0.1) is 0 Å². The van der Waals surface area contributed by atoms with Crippen molar-refractivity contribution in [3.05, 3.63) is 48.8 Å². The van der Waals surface area contributed by atoms with Gasteiger partial charge < -0.3 is 14.2 Å². The molecule has 0 amide bonds. The molecule has 0 atom stereocenters. The highest BCUT2D eigenvalue weighted by atomic mass is 16.5. The Kier molecular flexibility index (Phi) is 12.3. The van der Waals surface area contributed by atoms with E-state index in [1.165, 1.54) is 12.8 Å². The second kappa shape index (κ2) is 15.4. The summed E-state index contributed by atoms with van der Waals surface area (Å²) >= 11 is 0. The van der Waals surface area contributed by atoms with Gasteiger partial charge in [0, 0.05) is 18.8 Å². The minimum Gasteiger partial charge on any atom is -0.494 e. The van der Waals surface area contributed by atoms with Gasteiger partial charge in [0.15, 0.2) is 11.6 Å². The van der Waals surface area contributed by atoms with Gasteiger partial charge in [0.05, 0.1) is 25.6 Å². The summed E-state index contributed by atoms with van der Waals surface area (Å²) in [5.74, 6) is 2.27. The first-order valence-corrected chi connectivity index (χ1v) is 11.2. The highest BCUT2D eigenvalue weighted by Gasteiger charge is 2.03. The van der Waals surface area contributed by atoms with Crippen LogP contribution >= 0.6 is 0 Å². The molecular formula is C25H36N2O3. The van der Waals surface area contributed by atoms with Crippen LogP contribution in [0.5, 0.6) is 11.5 Å². The van der Waals surface area contributed by atoms with E-state index in [1.807, 2.05) is 24.3 Å². The van der Waals surface area contributed by atoms with Gasteiger partial charge in [-0.1, -0.05) is 19.1 Å². The van der Waals surface area contributed by atoms with Crippen LogP contribution in [-0.2, 0) is 4.74 Å². The van der Waals surface area contributed by atoms with Crippen LogP contribution in [0.25, 0.3) is 11.4 Å². The van der Waals surface area contributed by atoms with E-state index in [0.717, 1.165) is 63.2 Å². The number of hydrogen-bond donors (Lipinski definition) is 0. The Morgan fingerprint density at radius 2 is 1.43 bits per heavy atom. The molecule has 1 aromatic carbocycles. The zero-order chi connectivity index (χ0) is 21.3. The molecule has 0 unspecified atom stereocenters. The third-order valence-electron chi connectivity index (χ3n) is 4.56. The fourth-order valence-corrected chi connectivity index (χ4v) is 2.88. The maximum atomic E-state index is 5.82. The summed E-state index contributed by atoms with van der Waals surface area (Å²) in [4.78, 5) is 8.84. The summed E-state index contributed by atoms with van der Waals surface area (Å²) in [5.41, 5.74) is 0.966. The van der Waals surface area contributed by atoms with Crippen molar-refractivity contribution in [1.29, 1.82) is 0 Å². The summed E-state index contributed by atoms with van der Waals surface area (Å²) < 4.78 is 17.0. The SMILES string of the molecule is CC=CCCCCCOc1ccc(-c2ncc(OCCCCOCCC)cn2)cc1. The topological polar surface area (TPSA) is 53.5 Å². The van der Waals surface area contributed by atoms with E-state index in [9.17, 15) is 0 Å². The van der Waals surface area contributed by atoms with Crippen LogP contribution in [0.4, 0.5) is 0 Å². The zero-order valence-electron chi connectivity index (χ0n) is 18.5. The maximum absolute atomic E-state index is 5.82. The number of ether oxygens (including phenoxy) is 3. The van der Waals surface area contributed by atoms with Crippen LogP contribution in [-0.4, -0.2) is 36.4 Å². The van der Waals surface area contributed by atoms with E-state index in [2.05, 4.69) is 36.0 Å². The quantitative estimate of drug-likeness (QED) is 0.241. The van der Waals surface area contributed by atoms with Crippen molar-refractivity contribution in [2.45, 2.75) is 58.8 Å². The summed E-state index contributed by atoms with van der Waals surface area (Å²) in [6.07, 6.45) is 15.5. The Labute approximate surface area is 181 Å². The summed E-state index contributed by atoms with van der Waals surface area (Å²) in [7, 11) is 0. The third kappa shape index (κ3) is 9.88. The molecule has 0 aliphatic rings. The van der Waals surface area contributed by atoms with Crippen molar-refractivity contribution < 1.29 is 14.2 Å². The lowest BCUT2D eigenvalue weighted by Crippen LogP contribution is -2.02. The highest BCUT2D eigenvalue weighted by molar-refractivity contribution is 5.56. The first kappa shape index (κ1) is 23.9. The van der Waals surface area contributed by atoms with Crippen LogP contribution in [0.3, 0.4) is 0 Å². The number of allylic oxidation sites excluding steroid dienone is 2. The summed E-state index contributed by atoms with van der Waals surface area (Å²) in [5, 5.41) is 0. The zero-order valence-corrected chi connectivity index (χ0v) is 18.5. The molecule has 5 heteroatoms. The standard InChI is InChI=1S/C25H36N2O3/c1-3-5-6-7-8-9-18-29-23-14-12-22(13-15-23)25-26-20-24(21-27-25)30-19-11-10-17-28-16-4-2/h3,5,12-15,20-21H,4,6-11,16-19H2,1-2H3. The molecule has 0 saturated heterocycles. The molecule has 0 aliphatic carbocycles. The number of benzene rings is 1. The molecule has 2 aromatic rings. The molecule has 0 spiro atoms. The minimum atomic E-state index is 0.652. The lowest BCUT2D eigenvalue weighted by Gasteiger charge is -2.08. The Balaban J connectivity index is 1.67. The van der Waals surface area contributed by atoms with Crippen LogP contribution < -0.4 is 9.47 Å². The average molecular weight is 413 g/mol. The van der Waals surface area contributed by atoms with E-state index in [1.54, 1.807) is 12.4 Å². The van der Waals surface area contributed by atoms with Crippen molar-refractivity contribution in [2.24, 2.45) is 0 Å². The van der Waals surface area contributed by atoms with E-state index in [0.29, 0.717) is 18.2 Å². The molecule has 2 rings (SSSR count). The Bertz CT molecular complexity index is 699. The van der Waals surface area contributed by atoms with Crippen molar-refractivity contribution in [3.8, 4) is 22.9 Å².